The quantitative estimate of drug-likeness (QED) is 0.357. The van der Waals surface area contributed by atoms with Crippen molar-refractivity contribution >= 4 is 46.2 Å². The van der Waals surface area contributed by atoms with Gasteiger partial charge in [-0.05, 0) is 46.5 Å². The van der Waals surface area contributed by atoms with Gasteiger partial charge in [-0.15, -0.1) is 0 Å². The highest BCUT2D eigenvalue weighted by Crippen LogP contribution is 2.38. The van der Waals surface area contributed by atoms with Gasteiger partial charge in [-0.2, -0.15) is 0 Å². The normalized spacial score (nSPS) is 19.0. The Kier molecular flexibility index (Phi) is 6.95. The highest BCUT2D eigenvalue weighted by Gasteiger charge is 2.33. The minimum Gasteiger partial charge on any atom is -0.478 e. The summed E-state index contributed by atoms with van der Waals surface area (Å²) in [5.41, 5.74) is 6.53. The van der Waals surface area contributed by atoms with Gasteiger partial charge in [0, 0.05) is 31.9 Å². The highest BCUT2D eigenvalue weighted by molar-refractivity contribution is 7.80. The molecule has 3 aromatic rings. The number of nitrogens with zero attached hydrogens (tertiary/aromatic N) is 3. The molecule has 1 unspecified atom stereocenters. The van der Waals surface area contributed by atoms with E-state index in [4.69, 9.17) is 21.9 Å². The molecule has 3 aromatic carbocycles. The van der Waals surface area contributed by atoms with Crippen molar-refractivity contribution in [1.29, 1.82) is 0 Å². The van der Waals surface area contributed by atoms with Gasteiger partial charge >= 0.3 is 5.97 Å². The lowest BCUT2D eigenvalue weighted by Gasteiger charge is -2.27. The standard InChI is InChI=1S/C30H28N4O4S/c35-26(18-33-10-12-38-13-11-33)34-16-21-6-8-23(14-22(21)17-34)31-28(19-4-2-1-3-5-19)27-24-9-7-20(30(36)37)15-25(24)32-29(27)39/h1-9,14-15,27H,10-13,16-18H2,(H,32,39)(H,36,37). The molecule has 0 saturated carbocycles. The van der Waals surface area contributed by atoms with Crippen LogP contribution in [0.2, 0.25) is 0 Å². The molecule has 1 fully saturated rings. The van der Waals surface area contributed by atoms with E-state index in [1.807, 2.05) is 47.4 Å². The van der Waals surface area contributed by atoms with Gasteiger partial charge in [0.25, 0.3) is 0 Å². The molecule has 3 aliphatic heterocycles. The number of amides is 1. The molecule has 9 heteroatoms. The first-order chi connectivity index (χ1) is 19.0. The average Bonchev–Trinajstić information content (AvgIpc) is 3.52. The van der Waals surface area contributed by atoms with E-state index < -0.39 is 5.97 Å². The van der Waals surface area contributed by atoms with Crippen molar-refractivity contribution in [2.75, 3.05) is 38.2 Å². The summed E-state index contributed by atoms with van der Waals surface area (Å²) in [4.78, 5) is 34.2. The molecule has 198 valence electrons. The predicted octanol–water partition coefficient (Wildman–Crippen LogP) is 4.22. The first-order valence-corrected chi connectivity index (χ1v) is 13.4. The van der Waals surface area contributed by atoms with E-state index in [0.29, 0.717) is 43.5 Å². The van der Waals surface area contributed by atoms with E-state index in [9.17, 15) is 14.7 Å². The zero-order valence-electron chi connectivity index (χ0n) is 21.3. The van der Waals surface area contributed by atoms with Gasteiger partial charge in [-0.3, -0.25) is 14.7 Å². The molecule has 3 heterocycles. The molecule has 1 amide bonds. The Hall–Kier alpha value is -3.92. The topological polar surface area (TPSA) is 94.5 Å². The fraction of sp³-hybridized carbons (Fsp3) is 0.267. The number of thiocarbonyl (C=S) groups is 1. The minimum atomic E-state index is -0.985. The lowest BCUT2D eigenvalue weighted by molar-refractivity contribution is -0.134. The number of ether oxygens (including phenoxy) is 1. The van der Waals surface area contributed by atoms with Crippen molar-refractivity contribution in [2.45, 2.75) is 19.0 Å². The zero-order valence-corrected chi connectivity index (χ0v) is 22.1. The molecular formula is C30H28N4O4S. The highest BCUT2D eigenvalue weighted by atomic mass is 32.1. The van der Waals surface area contributed by atoms with Gasteiger partial charge < -0.3 is 20.1 Å². The molecule has 0 radical (unpaired) electrons. The fourth-order valence-corrected chi connectivity index (χ4v) is 5.74. The number of carboxylic acids is 1. The number of aromatic carboxylic acids is 1. The van der Waals surface area contributed by atoms with E-state index in [0.717, 1.165) is 46.7 Å². The number of benzene rings is 3. The lowest BCUT2D eigenvalue weighted by atomic mass is 9.90. The molecule has 1 atom stereocenters. The third-order valence-corrected chi connectivity index (χ3v) is 7.79. The number of rotatable bonds is 6. The second-order valence-electron chi connectivity index (χ2n) is 9.98. The average molecular weight is 541 g/mol. The first-order valence-electron chi connectivity index (χ1n) is 13.0. The van der Waals surface area contributed by atoms with Crippen LogP contribution >= 0.6 is 12.2 Å². The van der Waals surface area contributed by atoms with Gasteiger partial charge in [0.1, 0.15) is 0 Å². The van der Waals surface area contributed by atoms with Crippen LogP contribution < -0.4 is 5.32 Å². The Morgan fingerprint density at radius 2 is 1.74 bits per heavy atom. The third kappa shape index (κ3) is 5.21. The van der Waals surface area contributed by atoms with Crippen LogP contribution in [0.4, 0.5) is 11.4 Å². The summed E-state index contributed by atoms with van der Waals surface area (Å²) >= 11 is 5.74. The SMILES string of the molecule is O=C(O)c1ccc2c(c1)NC(=S)C2C(=Nc1ccc2c(c1)CN(C(=O)CN1CCOCC1)C2)c1ccccc1. The monoisotopic (exact) mass is 540 g/mol. The third-order valence-electron chi connectivity index (χ3n) is 7.45. The van der Waals surface area contributed by atoms with Crippen LogP contribution in [-0.4, -0.2) is 70.3 Å². The zero-order chi connectivity index (χ0) is 26.9. The van der Waals surface area contributed by atoms with Crippen LogP contribution in [0, 0.1) is 0 Å². The number of aliphatic imine (C=N–C) groups is 1. The van der Waals surface area contributed by atoms with Crippen molar-refractivity contribution in [2.24, 2.45) is 4.99 Å². The summed E-state index contributed by atoms with van der Waals surface area (Å²) < 4.78 is 5.40. The molecule has 2 N–H and O–H groups in total. The maximum Gasteiger partial charge on any atom is 0.335 e. The predicted molar refractivity (Wildman–Crippen MR) is 153 cm³/mol. The second kappa shape index (κ2) is 10.7. The number of hydrogen-bond donors (Lipinski definition) is 2. The summed E-state index contributed by atoms with van der Waals surface area (Å²) in [5, 5.41) is 12.6. The summed E-state index contributed by atoms with van der Waals surface area (Å²) in [6, 6.07) is 21.0. The van der Waals surface area contributed by atoms with Crippen LogP contribution in [0.1, 0.15) is 38.5 Å². The van der Waals surface area contributed by atoms with E-state index >= 15 is 0 Å². The van der Waals surface area contributed by atoms with Gasteiger partial charge in [0.05, 0.1) is 47.6 Å². The van der Waals surface area contributed by atoms with E-state index in [1.54, 1.807) is 12.1 Å². The summed E-state index contributed by atoms with van der Waals surface area (Å²) in [6.45, 7) is 4.48. The molecular weight excluding hydrogens is 512 g/mol. The van der Waals surface area contributed by atoms with Crippen molar-refractivity contribution < 1.29 is 19.4 Å². The molecule has 6 rings (SSSR count). The summed E-state index contributed by atoms with van der Waals surface area (Å²) in [6.07, 6.45) is 0. The van der Waals surface area contributed by atoms with Crippen molar-refractivity contribution in [1.82, 2.24) is 9.80 Å². The van der Waals surface area contributed by atoms with Crippen LogP contribution in [0.3, 0.4) is 0 Å². The van der Waals surface area contributed by atoms with Gasteiger partial charge in [0.2, 0.25) is 5.91 Å². The van der Waals surface area contributed by atoms with Gasteiger partial charge in [0.15, 0.2) is 0 Å². The minimum absolute atomic E-state index is 0.128. The van der Waals surface area contributed by atoms with Crippen LogP contribution in [0.5, 0.6) is 0 Å². The second-order valence-corrected chi connectivity index (χ2v) is 10.4. The molecule has 0 spiro atoms. The number of hydrogen-bond acceptors (Lipinski definition) is 6. The number of carbonyl (C=O) groups excluding carboxylic acids is 1. The van der Waals surface area contributed by atoms with E-state index in [1.165, 1.54) is 0 Å². The number of fused-ring (bicyclic) bond motifs is 2. The van der Waals surface area contributed by atoms with Crippen LogP contribution in [0.25, 0.3) is 0 Å². The van der Waals surface area contributed by atoms with Crippen molar-refractivity contribution in [3.63, 3.8) is 0 Å². The Bertz CT molecular complexity index is 1480. The maximum absolute atomic E-state index is 13.0. The number of carboxylic acid groups (broad SMARTS) is 1. The van der Waals surface area contributed by atoms with Crippen molar-refractivity contribution in [3.05, 3.63) is 94.5 Å². The Morgan fingerprint density at radius 3 is 2.51 bits per heavy atom. The smallest absolute Gasteiger partial charge is 0.335 e. The van der Waals surface area contributed by atoms with Gasteiger partial charge in [-0.25, -0.2) is 4.79 Å². The van der Waals surface area contributed by atoms with Gasteiger partial charge in [-0.1, -0.05) is 54.7 Å². The first kappa shape index (κ1) is 25.4. The fourth-order valence-electron chi connectivity index (χ4n) is 5.39. The Morgan fingerprint density at radius 1 is 0.974 bits per heavy atom. The largest absolute Gasteiger partial charge is 0.478 e. The lowest BCUT2D eigenvalue weighted by Crippen LogP contribution is -2.43. The van der Waals surface area contributed by atoms with Crippen LogP contribution in [0.15, 0.2) is 71.7 Å². The van der Waals surface area contributed by atoms with Crippen molar-refractivity contribution in [3.8, 4) is 0 Å². The molecule has 8 nitrogen and oxygen atoms in total. The molecule has 39 heavy (non-hydrogen) atoms. The van der Waals surface area contributed by atoms with Crippen LogP contribution in [-0.2, 0) is 22.6 Å². The number of anilines is 1. The molecule has 0 aliphatic carbocycles. The Balaban J connectivity index is 1.29. The molecule has 0 bridgehead atoms. The number of morpholine rings is 1. The van der Waals surface area contributed by atoms with E-state index in [2.05, 4.69) is 22.3 Å². The molecule has 1 saturated heterocycles. The molecule has 0 aromatic heterocycles. The number of nitrogens with one attached hydrogen (secondary N) is 1. The maximum atomic E-state index is 13.0. The Labute approximate surface area is 231 Å². The van der Waals surface area contributed by atoms with E-state index in [-0.39, 0.29) is 17.4 Å². The molecule has 3 aliphatic rings. The summed E-state index contributed by atoms with van der Waals surface area (Å²) in [5.74, 6) is -1.18. The summed E-state index contributed by atoms with van der Waals surface area (Å²) in [7, 11) is 0. The number of carbonyl (C=O) groups is 2.